The Hall–Kier alpha value is -2.98. The standard InChI is InChI=1S/C19H19NO5S/c1-16-9-11-18(12-10-16)26(22,23)20(13-6-14-25-19(21)24-2)15-17-7-4-3-5-8-17/h3-5,7-12H,14-15H2,1-2H3. The molecular weight excluding hydrogens is 354 g/mol. The van der Waals surface area contributed by atoms with Gasteiger partial charge in [0, 0.05) is 6.04 Å². The molecule has 0 amide bonds. The van der Waals surface area contributed by atoms with Crippen LogP contribution in [0.25, 0.3) is 0 Å². The van der Waals surface area contributed by atoms with E-state index >= 15 is 0 Å². The van der Waals surface area contributed by atoms with Crippen LogP contribution in [0.15, 0.2) is 59.5 Å². The highest BCUT2D eigenvalue weighted by Crippen LogP contribution is 2.18. The van der Waals surface area contributed by atoms with Crippen LogP contribution in [0, 0.1) is 18.9 Å². The first-order valence-corrected chi connectivity index (χ1v) is 9.20. The van der Waals surface area contributed by atoms with Crippen molar-refractivity contribution in [2.75, 3.05) is 13.7 Å². The lowest BCUT2D eigenvalue weighted by atomic mass is 10.2. The van der Waals surface area contributed by atoms with Gasteiger partial charge >= 0.3 is 6.16 Å². The van der Waals surface area contributed by atoms with Crippen molar-refractivity contribution in [1.29, 1.82) is 0 Å². The van der Waals surface area contributed by atoms with Crippen molar-refractivity contribution in [3.8, 4) is 12.0 Å². The molecule has 0 aromatic heterocycles. The molecule has 0 unspecified atom stereocenters. The number of carbonyl (C=O) groups excluding carboxylic acids is 1. The zero-order valence-corrected chi connectivity index (χ0v) is 15.3. The molecule has 26 heavy (non-hydrogen) atoms. The first-order chi connectivity index (χ1) is 12.4. The topological polar surface area (TPSA) is 72.9 Å². The minimum absolute atomic E-state index is 0.0717. The van der Waals surface area contributed by atoms with Gasteiger partial charge in [0.2, 0.25) is 0 Å². The summed E-state index contributed by atoms with van der Waals surface area (Å²) in [6.07, 6.45) is -0.879. The van der Waals surface area contributed by atoms with E-state index in [0.717, 1.165) is 15.4 Å². The van der Waals surface area contributed by atoms with E-state index in [4.69, 9.17) is 0 Å². The monoisotopic (exact) mass is 373 g/mol. The molecule has 6 nitrogen and oxygen atoms in total. The van der Waals surface area contributed by atoms with Gasteiger partial charge in [-0.3, -0.25) is 0 Å². The number of ether oxygens (including phenoxy) is 2. The second kappa shape index (κ2) is 8.92. The molecule has 2 rings (SSSR count). The fourth-order valence-electron chi connectivity index (χ4n) is 2.05. The Morgan fingerprint density at radius 1 is 1.08 bits per heavy atom. The molecule has 2 aromatic carbocycles. The van der Waals surface area contributed by atoms with Crippen molar-refractivity contribution in [2.24, 2.45) is 0 Å². The number of hydrogen-bond acceptors (Lipinski definition) is 5. The van der Waals surface area contributed by atoms with E-state index in [1.165, 1.54) is 19.2 Å². The van der Waals surface area contributed by atoms with Gasteiger partial charge in [-0.15, -0.1) is 0 Å². The number of sulfonamides is 1. The predicted molar refractivity (Wildman–Crippen MR) is 96.5 cm³/mol. The first-order valence-electron chi connectivity index (χ1n) is 7.76. The van der Waals surface area contributed by atoms with E-state index < -0.39 is 16.2 Å². The first kappa shape index (κ1) is 19.3. The summed E-state index contributed by atoms with van der Waals surface area (Å²) in [5, 5.41) is 0. The van der Waals surface area contributed by atoms with E-state index in [9.17, 15) is 13.2 Å². The van der Waals surface area contributed by atoms with Crippen molar-refractivity contribution in [3.05, 3.63) is 65.7 Å². The van der Waals surface area contributed by atoms with Gasteiger partial charge in [-0.1, -0.05) is 48.0 Å². The van der Waals surface area contributed by atoms with E-state index in [2.05, 4.69) is 21.4 Å². The lowest BCUT2D eigenvalue weighted by Crippen LogP contribution is -2.26. The summed E-state index contributed by atoms with van der Waals surface area (Å²) in [6.45, 7) is 1.67. The van der Waals surface area contributed by atoms with E-state index in [-0.39, 0.29) is 18.0 Å². The molecule has 0 aliphatic heterocycles. The van der Waals surface area contributed by atoms with Crippen LogP contribution in [-0.2, 0) is 26.0 Å². The number of methoxy groups -OCH3 is 1. The van der Waals surface area contributed by atoms with Crippen LogP contribution in [0.3, 0.4) is 0 Å². The SMILES string of the molecule is COC(=O)OCC#CN(Cc1ccccc1)S(=O)(=O)c1ccc(C)cc1. The Kier molecular flexibility index (Phi) is 6.64. The molecule has 0 aliphatic rings. The van der Waals surface area contributed by atoms with Crippen LogP contribution in [0.5, 0.6) is 0 Å². The predicted octanol–water partition coefficient (Wildman–Crippen LogP) is 2.93. The molecule has 0 N–H and O–H groups in total. The zero-order valence-electron chi connectivity index (χ0n) is 14.5. The van der Waals surface area contributed by atoms with Gasteiger partial charge in [-0.2, -0.15) is 0 Å². The molecule has 0 aliphatic carbocycles. The molecule has 136 valence electrons. The zero-order chi connectivity index (χ0) is 19.0. The lowest BCUT2D eigenvalue weighted by Gasteiger charge is -2.18. The summed E-state index contributed by atoms with van der Waals surface area (Å²) >= 11 is 0. The highest BCUT2D eigenvalue weighted by molar-refractivity contribution is 7.89. The lowest BCUT2D eigenvalue weighted by molar-refractivity contribution is 0.0832. The molecule has 2 aromatic rings. The van der Waals surface area contributed by atoms with Crippen molar-refractivity contribution in [3.63, 3.8) is 0 Å². The maximum atomic E-state index is 12.9. The van der Waals surface area contributed by atoms with Crippen molar-refractivity contribution >= 4 is 16.2 Å². The molecular formula is C19H19NO5S. The second-order valence-electron chi connectivity index (χ2n) is 5.34. The number of hydrogen-bond donors (Lipinski definition) is 0. The molecule has 0 radical (unpaired) electrons. The molecule has 0 fully saturated rings. The Balaban J connectivity index is 2.28. The smallest absolute Gasteiger partial charge is 0.438 e. The van der Waals surface area contributed by atoms with Gasteiger partial charge in [-0.25, -0.2) is 17.5 Å². The van der Waals surface area contributed by atoms with Gasteiger partial charge < -0.3 is 9.47 Å². The normalized spacial score (nSPS) is 10.4. The quantitative estimate of drug-likeness (QED) is 0.458. The third kappa shape index (κ3) is 5.26. The second-order valence-corrected chi connectivity index (χ2v) is 7.20. The number of rotatable bonds is 5. The summed E-state index contributed by atoms with van der Waals surface area (Å²) in [5.74, 6) is 2.53. The molecule has 0 bridgehead atoms. The Morgan fingerprint density at radius 2 is 1.73 bits per heavy atom. The van der Waals surface area contributed by atoms with Gasteiger partial charge in [-0.05, 0) is 30.5 Å². The number of nitrogens with zero attached hydrogens (tertiary/aromatic N) is 1. The van der Waals surface area contributed by atoms with E-state index in [1.54, 1.807) is 12.1 Å². The van der Waals surface area contributed by atoms with Gasteiger partial charge in [0.15, 0.2) is 6.61 Å². The van der Waals surface area contributed by atoms with Gasteiger partial charge in [0.25, 0.3) is 10.0 Å². The van der Waals surface area contributed by atoms with Crippen molar-refractivity contribution in [1.82, 2.24) is 4.31 Å². The highest BCUT2D eigenvalue weighted by Gasteiger charge is 2.22. The average Bonchev–Trinajstić information content (AvgIpc) is 2.65. The average molecular weight is 373 g/mol. The number of aryl methyl sites for hydroxylation is 1. The van der Waals surface area contributed by atoms with Crippen molar-refractivity contribution < 1.29 is 22.7 Å². The van der Waals surface area contributed by atoms with Crippen LogP contribution in [0.1, 0.15) is 11.1 Å². The summed E-state index contributed by atoms with van der Waals surface area (Å²) in [4.78, 5) is 11.1. The van der Waals surface area contributed by atoms with Gasteiger partial charge in [0.1, 0.15) is 0 Å². The van der Waals surface area contributed by atoms with E-state index in [1.807, 2.05) is 37.3 Å². The molecule has 0 spiro atoms. The van der Waals surface area contributed by atoms with Crippen molar-refractivity contribution in [2.45, 2.75) is 18.4 Å². The molecule has 0 saturated carbocycles. The molecule has 0 saturated heterocycles. The third-order valence-corrected chi connectivity index (χ3v) is 5.08. The fraction of sp³-hybridized carbons (Fsp3) is 0.211. The van der Waals surface area contributed by atoms with Crippen LogP contribution >= 0.6 is 0 Å². The molecule has 0 heterocycles. The van der Waals surface area contributed by atoms with Crippen LogP contribution < -0.4 is 0 Å². The summed E-state index contributed by atoms with van der Waals surface area (Å²) in [7, 11) is -2.65. The Bertz CT molecular complexity index is 896. The minimum atomic E-state index is -3.83. The maximum absolute atomic E-state index is 12.9. The minimum Gasteiger partial charge on any atom is -0.438 e. The third-order valence-electron chi connectivity index (χ3n) is 3.41. The largest absolute Gasteiger partial charge is 0.508 e. The molecule has 0 atom stereocenters. The van der Waals surface area contributed by atoms with Crippen LogP contribution in [0.4, 0.5) is 4.79 Å². The fourth-order valence-corrected chi connectivity index (χ4v) is 3.28. The summed E-state index contributed by atoms with van der Waals surface area (Å²) < 4.78 is 35.9. The Labute approximate surface area is 153 Å². The summed E-state index contributed by atoms with van der Waals surface area (Å²) in [5.41, 5.74) is 1.74. The van der Waals surface area contributed by atoms with Crippen LogP contribution in [0.2, 0.25) is 0 Å². The number of benzene rings is 2. The molecule has 7 heteroatoms. The summed E-state index contributed by atoms with van der Waals surface area (Å²) in [6, 6.07) is 18.2. The van der Waals surface area contributed by atoms with Gasteiger partial charge in [0.05, 0.1) is 18.6 Å². The van der Waals surface area contributed by atoms with E-state index in [0.29, 0.717) is 0 Å². The van der Waals surface area contributed by atoms with Crippen LogP contribution in [-0.4, -0.2) is 32.6 Å². The highest BCUT2D eigenvalue weighted by atomic mass is 32.2. The maximum Gasteiger partial charge on any atom is 0.508 e. The number of carbonyl (C=O) groups is 1. The Morgan fingerprint density at radius 3 is 2.35 bits per heavy atom.